The number of aromatic hydroxyl groups is 2. The minimum absolute atomic E-state index is 0.0688. The van der Waals surface area contributed by atoms with E-state index in [1.54, 1.807) is 6.07 Å². The van der Waals surface area contributed by atoms with Crippen molar-refractivity contribution in [1.29, 1.82) is 0 Å². The van der Waals surface area contributed by atoms with Crippen molar-refractivity contribution in [2.75, 3.05) is 5.32 Å². The number of rotatable bonds is 3. The second kappa shape index (κ2) is 5.84. The van der Waals surface area contributed by atoms with E-state index in [4.69, 9.17) is 5.11 Å². The second-order valence-corrected chi connectivity index (χ2v) is 5.07. The molecular formula is C14H10BrNO5. The molecule has 2 aromatic rings. The molecule has 0 aliphatic heterocycles. The van der Waals surface area contributed by atoms with Gasteiger partial charge in [0.1, 0.15) is 0 Å². The average Bonchev–Trinajstić information content (AvgIpc) is 2.43. The molecule has 0 saturated heterocycles. The fraction of sp³-hybridized carbons (Fsp3) is 0. The molecule has 0 saturated carbocycles. The van der Waals surface area contributed by atoms with Gasteiger partial charge in [0.2, 0.25) is 0 Å². The number of anilines is 1. The first-order valence-electron chi connectivity index (χ1n) is 5.74. The number of carboxylic acid groups (broad SMARTS) is 1. The third kappa shape index (κ3) is 3.32. The largest absolute Gasteiger partial charge is 0.504 e. The average molecular weight is 352 g/mol. The van der Waals surface area contributed by atoms with Crippen LogP contribution in [0.25, 0.3) is 0 Å². The van der Waals surface area contributed by atoms with Crippen LogP contribution in [0.3, 0.4) is 0 Å². The number of hydrogen-bond donors (Lipinski definition) is 4. The minimum Gasteiger partial charge on any atom is -0.504 e. The zero-order valence-electron chi connectivity index (χ0n) is 10.5. The number of phenols is 2. The number of amides is 1. The van der Waals surface area contributed by atoms with Crippen LogP contribution >= 0.6 is 15.9 Å². The summed E-state index contributed by atoms with van der Waals surface area (Å²) in [6.07, 6.45) is 0. The van der Waals surface area contributed by atoms with Gasteiger partial charge in [-0.05, 0) is 36.4 Å². The molecule has 0 aliphatic carbocycles. The third-order valence-electron chi connectivity index (χ3n) is 2.70. The van der Waals surface area contributed by atoms with Gasteiger partial charge in [0.15, 0.2) is 11.5 Å². The predicted octanol–water partition coefficient (Wildman–Crippen LogP) is 2.81. The Morgan fingerprint density at radius 1 is 1.00 bits per heavy atom. The molecule has 21 heavy (non-hydrogen) atoms. The topological polar surface area (TPSA) is 107 Å². The number of carbonyl (C=O) groups is 2. The molecule has 0 spiro atoms. The van der Waals surface area contributed by atoms with E-state index in [0.717, 1.165) is 6.07 Å². The van der Waals surface area contributed by atoms with E-state index in [1.165, 1.54) is 24.3 Å². The molecule has 0 aliphatic rings. The number of benzene rings is 2. The summed E-state index contributed by atoms with van der Waals surface area (Å²) in [5.41, 5.74) is 0.147. The van der Waals surface area contributed by atoms with E-state index in [9.17, 15) is 19.8 Å². The summed E-state index contributed by atoms with van der Waals surface area (Å²) in [6.45, 7) is 0. The Balaban J connectivity index is 2.31. The van der Waals surface area contributed by atoms with E-state index in [-0.39, 0.29) is 22.6 Å². The highest BCUT2D eigenvalue weighted by Crippen LogP contribution is 2.26. The highest BCUT2D eigenvalue weighted by atomic mass is 79.9. The van der Waals surface area contributed by atoms with Gasteiger partial charge in [-0.3, -0.25) is 4.79 Å². The third-order valence-corrected chi connectivity index (χ3v) is 3.19. The molecule has 0 fully saturated rings. The lowest BCUT2D eigenvalue weighted by Crippen LogP contribution is -2.14. The number of halogens is 1. The molecule has 0 atom stereocenters. The summed E-state index contributed by atoms with van der Waals surface area (Å²) in [6, 6.07) is 7.98. The molecule has 0 bridgehead atoms. The molecule has 1 amide bonds. The maximum absolute atomic E-state index is 12.0. The first-order chi connectivity index (χ1) is 9.88. The number of hydrogen-bond acceptors (Lipinski definition) is 4. The maximum atomic E-state index is 12.0. The van der Waals surface area contributed by atoms with E-state index in [0.29, 0.717) is 4.47 Å². The zero-order chi connectivity index (χ0) is 15.6. The fourth-order valence-electron chi connectivity index (χ4n) is 1.66. The minimum atomic E-state index is -1.18. The Hall–Kier alpha value is -2.54. The molecule has 0 aromatic heterocycles. The van der Waals surface area contributed by atoms with Crippen LogP contribution in [0.1, 0.15) is 20.7 Å². The number of aromatic carboxylic acids is 1. The SMILES string of the molecule is O=C(Nc1ccc(Br)cc1C(=O)O)c1ccc(O)c(O)c1. The van der Waals surface area contributed by atoms with Crippen molar-refractivity contribution in [3.8, 4) is 11.5 Å². The molecule has 7 heteroatoms. The Morgan fingerprint density at radius 2 is 1.71 bits per heavy atom. The Bertz CT molecular complexity index is 729. The molecule has 0 heterocycles. The van der Waals surface area contributed by atoms with Crippen molar-refractivity contribution in [1.82, 2.24) is 0 Å². The van der Waals surface area contributed by atoms with Crippen LogP contribution in [-0.4, -0.2) is 27.2 Å². The first-order valence-corrected chi connectivity index (χ1v) is 6.54. The molecule has 0 radical (unpaired) electrons. The zero-order valence-corrected chi connectivity index (χ0v) is 12.1. The van der Waals surface area contributed by atoms with E-state index < -0.39 is 17.6 Å². The summed E-state index contributed by atoms with van der Waals surface area (Å²) in [4.78, 5) is 23.2. The normalized spacial score (nSPS) is 10.1. The Labute approximate surface area is 127 Å². The van der Waals surface area contributed by atoms with Crippen molar-refractivity contribution in [3.05, 3.63) is 52.0 Å². The van der Waals surface area contributed by atoms with Gasteiger partial charge in [-0.15, -0.1) is 0 Å². The quantitative estimate of drug-likeness (QED) is 0.636. The van der Waals surface area contributed by atoms with Gasteiger partial charge < -0.3 is 20.6 Å². The summed E-state index contributed by atoms with van der Waals surface area (Å²) in [5, 5.41) is 30.1. The molecule has 4 N–H and O–H groups in total. The summed E-state index contributed by atoms with van der Waals surface area (Å²) in [5.74, 6) is -2.56. The smallest absolute Gasteiger partial charge is 0.337 e. The van der Waals surface area contributed by atoms with Gasteiger partial charge in [-0.25, -0.2) is 4.79 Å². The summed E-state index contributed by atoms with van der Waals surface area (Å²) < 4.78 is 0.570. The van der Waals surface area contributed by atoms with Gasteiger partial charge in [-0.2, -0.15) is 0 Å². The van der Waals surface area contributed by atoms with E-state index in [1.807, 2.05) is 0 Å². The fourth-order valence-corrected chi connectivity index (χ4v) is 2.02. The van der Waals surface area contributed by atoms with E-state index >= 15 is 0 Å². The number of carboxylic acids is 1. The van der Waals surface area contributed by atoms with Crippen LogP contribution in [0.2, 0.25) is 0 Å². The molecule has 6 nitrogen and oxygen atoms in total. The first kappa shape index (κ1) is 14.9. The van der Waals surface area contributed by atoms with Crippen LogP contribution in [-0.2, 0) is 0 Å². The molecule has 108 valence electrons. The lowest BCUT2D eigenvalue weighted by Gasteiger charge is -2.09. The van der Waals surface area contributed by atoms with Gasteiger partial charge >= 0.3 is 5.97 Å². The van der Waals surface area contributed by atoms with Crippen molar-refractivity contribution in [2.24, 2.45) is 0 Å². The second-order valence-electron chi connectivity index (χ2n) is 4.15. The summed E-state index contributed by atoms with van der Waals surface area (Å²) >= 11 is 3.16. The molecule has 2 rings (SSSR count). The van der Waals surface area contributed by atoms with Crippen LogP contribution in [0.5, 0.6) is 11.5 Å². The van der Waals surface area contributed by atoms with Crippen molar-refractivity contribution in [3.63, 3.8) is 0 Å². The van der Waals surface area contributed by atoms with E-state index in [2.05, 4.69) is 21.2 Å². The van der Waals surface area contributed by atoms with Crippen LogP contribution in [0.15, 0.2) is 40.9 Å². The number of phenolic OH excluding ortho intramolecular Hbond substituents is 2. The predicted molar refractivity (Wildman–Crippen MR) is 78.8 cm³/mol. The number of nitrogens with one attached hydrogen (secondary N) is 1. The molecular weight excluding hydrogens is 342 g/mol. The van der Waals surface area contributed by atoms with Crippen molar-refractivity contribution >= 4 is 33.5 Å². The molecule has 2 aromatic carbocycles. The summed E-state index contributed by atoms with van der Waals surface area (Å²) in [7, 11) is 0. The highest BCUT2D eigenvalue weighted by Gasteiger charge is 2.15. The Kier molecular flexibility index (Phi) is 4.13. The number of carbonyl (C=O) groups excluding carboxylic acids is 1. The standard InChI is InChI=1S/C14H10BrNO5/c15-8-2-3-10(9(6-8)14(20)21)16-13(19)7-1-4-11(17)12(18)5-7/h1-6,17-18H,(H,16,19)(H,20,21). The van der Waals surface area contributed by atoms with Crippen molar-refractivity contribution < 1.29 is 24.9 Å². The van der Waals surface area contributed by atoms with Gasteiger partial charge in [-0.1, -0.05) is 15.9 Å². The van der Waals surface area contributed by atoms with Gasteiger partial charge in [0.25, 0.3) is 5.91 Å². The van der Waals surface area contributed by atoms with Crippen LogP contribution in [0, 0.1) is 0 Å². The highest BCUT2D eigenvalue weighted by molar-refractivity contribution is 9.10. The maximum Gasteiger partial charge on any atom is 0.337 e. The van der Waals surface area contributed by atoms with Crippen LogP contribution < -0.4 is 5.32 Å². The Morgan fingerprint density at radius 3 is 2.33 bits per heavy atom. The lowest BCUT2D eigenvalue weighted by atomic mass is 10.1. The molecule has 0 unspecified atom stereocenters. The lowest BCUT2D eigenvalue weighted by molar-refractivity contribution is 0.0698. The van der Waals surface area contributed by atoms with Gasteiger partial charge in [0.05, 0.1) is 11.3 Å². The van der Waals surface area contributed by atoms with Crippen LogP contribution in [0.4, 0.5) is 5.69 Å². The monoisotopic (exact) mass is 351 g/mol. The van der Waals surface area contributed by atoms with Gasteiger partial charge in [0, 0.05) is 10.0 Å². The van der Waals surface area contributed by atoms with Crippen molar-refractivity contribution in [2.45, 2.75) is 0 Å².